The molecule has 0 aliphatic rings. The van der Waals surface area contributed by atoms with Gasteiger partial charge in [-0.15, -0.1) is 0 Å². The molecule has 19 heavy (non-hydrogen) atoms. The molecule has 0 spiro atoms. The standard InChI is InChI=1S/C14H18N4O/c1-10-3-4-12(13(15)9-10)14(19)16-7-5-11-6-8-18(2)17-11/h3-4,6,8-9H,5,7,15H2,1-2H3,(H,16,19). The van der Waals surface area contributed by atoms with Crippen molar-refractivity contribution >= 4 is 11.6 Å². The molecule has 1 amide bonds. The molecule has 5 nitrogen and oxygen atoms in total. The van der Waals surface area contributed by atoms with Gasteiger partial charge in [0.1, 0.15) is 0 Å². The van der Waals surface area contributed by atoms with Crippen LogP contribution in [0.15, 0.2) is 30.5 Å². The zero-order valence-corrected chi connectivity index (χ0v) is 11.2. The SMILES string of the molecule is Cc1ccc(C(=O)NCCc2ccn(C)n2)c(N)c1. The van der Waals surface area contributed by atoms with Gasteiger partial charge in [-0.3, -0.25) is 9.48 Å². The van der Waals surface area contributed by atoms with E-state index in [1.54, 1.807) is 16.8 Å². The summed E-state index contributed by atoms with van der Waals surface area (Å²) in [5, 5.41) is 7.10. The first-order chi connectivity index (χ1) is 9.06. The third-order valence-electron chi connectivity index (χ3n) is 2.89. The predicted molar refractivity (Wildman–Crippen MR) is 74.8 cm³/mol. The summed E-state index contributed by atoms with van der Waals surface area (Å²) in [5.74, 6) is -0.145. The van der Waals surface area contributed by atoms with Gasteiger partial charge in [-0.2, -0.15) is 5.10 Å². The van der Waals surface area contributed by atoms with Crippen LogP contribution in [0.5, 0.6) is 0 Å². The van der Waals surface area contributed by atoms with Crippen molar-refractivity contribution in [1.29, 1.82) is 0 Å². The molecule has 0 bridgehead atoms. The van der Waals surface area contributed by atoms with Gasteiger partial charge in [0.15, 0.2) is 0 Å². The van der Waals surface area contributed by atoms with E-state index in [0.29, 0.717) is 24.2 Å². The summed E-state index contributed by atoms with van der Waals surface area (Å²) in [6.07, 6.45) is 2.59. The van der Waals surface area contributed by atoms with E-state index in [9.17, 15) is 4.79 Å². The second-order valence-corrected chi connectivity index (χ2v) is 4.58. The number of hydrogen-bond acceptors (Lipinski definition) is 3. The number of benzene rings is 1. The van der Waals surface area contributed by atoms with E-state index in [-0.39, 0.29) is 5.91 Å². The lowest BCUT2D eigenvalue weighted by atomic mass is 10.1. The second-order valence-electron chi connectivity index (χ2n) is 4.58. The van der Waals surface area contributed by atoms with Crippen LogP contribution in [0.25, 0.3) is 0 Å². The van der Waals surface area contributed by atoms with Gasteiger partial charge in [0.25, 0.3) is 5.91 Å². The lowest BCUT2D eigenvalue weighted by molar-refractivity contribution is 0.0955. The molecule has 0 unspecified atom stereocenters. The first-order valence-corrected chi connectivity index (χ1v) is 6.19. The molecule has 0 aliphatic carbocycles. The zero-order valence-electron chi connectivity index (χ0n) is 11.2. The fourth-order valence-electron chi connectivity index (χ4n) is 1.88. The number of rotatable bonds is 4. The first kappa shape index (κ1) is 13.1. The van der Waals surface area contributed by atoms with Gasteiger partial charge in [-0.1, -0.05) is 6.07 Å². The number of nitrogen functional groups attached to an aromatic ring is 1. The highest BCUT2D eigenvalue weighted by Gasteiger charge is 2.09. The van der Waals surface area contributed by atoms with E-state index in [1.807, 2.05) is 32.3 Å². The summed E-state index contributed by atoms with van der Waals surface area (Å²) in [7, 11) is 1.87. The number of carbonyl (C=O) groups excluding carboxylic acids is 1. The van der Waals surface area contributed by atoms with Crippen molar-refractivity contribution in [2.45, 2.75) is 13.3 Å². The van der Waals surface area contributed by atoms with Crippen LogP contribution in [0.3, 0.4) is 0 Å². The number of carbonyl (C=O) groups is 1. The Morgan fingerprint density at radius 1 is 1.42 bits per heavy atom. The molecule has 0 saturated carbocycles. The van der Waals surface area contributed by atoms with Crippen LogP contribution < -0.4 is 11.1 Å². The molecule has 1 heterocycles. The number of aromatic nitrogens is 2. The Bertz CT molecular complexity index is 589. The molecule has 5 heteroatoms. The van der Waals surface area contributed by atoms with Gasteiger partial charge in [0.2, 0.25) is 0 Å². The smallest absolute Gasteiger partial charge is 0.253 e. The largest absolute Gasteiger partial charge is 0.398 e. The fraction of sp³-hybridized carbons (Fsp3) is 0.286. The minimum absolute atomic E-state index is 0.145. The van der Waals surface area contributed by atoms with Crippen molar-refractivity contribution in [3.05, 3.63) is 47.3 Å². The normalized spacial score (nSPS) is 10.4. The van der Waals surface area contributed by atoms with Gasteiger partial charge < -0.3 is 11.1 Å². The van der Waals surface area contributed by atoms with E-state index < -0.39 is 0 Å². The number of nitrogens with two attached hydrogens (primary N) is 1. The van der Waals surface area contributed by atoms with Crippen LogP contribution >= 0.6 is 0 Å². The Balaban J connectivity index is 1.90. The van der Waals surface area contributed by atoms with Crippen molar-refractivity contribution in [3.8, 4) is 0 Å². The molecule has 0 atom stereocenters. The van der Waals surface area contributed by atoms with E-state index >= 15 is 0 Å². The summed E-state index contributed by atoms with van der Waals surface area (Å²) >= 11 is 0. The number of nitrogens with one attached hydrogen (secondary N) is 1. The van der Waals surface area contributed by atoms with Gasteiger partial charge in [-0.25, -0.2) is 0 Å². The topological polar surface area (TPSA) is 72.9 Å². The fourth-order valence-corrected chi connectivity index (χ4v) is 1.88. The van der Waals surface area contributed by atoms with Crippen LogP contribution in [0.2, 0.25) is 0 Å². The van der Waals surface area contributed by atoms with Crippen molar-refractivity contribution in [2.24, 2.45) is 7.05 Å². The molecular weight excluding hydrogens is 240 g/mol. The zero-order chi connectivity index (χ0) is 13.8. The van der Waals surface area contributed by atoms with Gasteiger partial charge in [-0.05, 0) is 30.7 Å². The van der Waals surface area contributed by atoms with E-state index in [1.165, 1.54) is 0 Å². The Hall–Kier alpha value is -2.30. The second kappa shape index (κ2) is 5.56. The molecular formula is C14H18N4O. The number of amides is 1. The predicted octanol–water partition coefficient (Wildman–Crippen LogP) is 1.28. The summed E-state index contributed by atoms with van der Waals surface area (Å²) in [5.41, 5.74) is 8.86. The first-order valence-electron chi connectivity index (χ1n) is 6.19. The molecule has 1 aromatic heterocycles. The van der Waals surface area contributed by atoms with E-state index in [0.717, 1.165) is 11.3 Å². The third kappa shape index (κ3) is 3.34. The van der Waals surface area contributed by atoms with E-state index in [2.05, 4.69) is 10.4 Å². The molecule has 0 fully saturated rings. The van der Waals surface area contributed by atoms with Crippen LogP contribution in [-0.4, -0.2) is 22.2 Å². The third-order valence-corrected chi connectivity index (χ3v) is 2.89. The van der Waals surface area contributed by atoms with Gasteiger partial charge in [0.05, 0.1) is 11.3 Å². The summed E-state index contributed by atoms with van der Waals surface area (Å²) < 4.78 is 1.75. The minimum Gasteiger partial charge on any atom is -0.398 e. The van der Waals surface area contributed by atoms with E-state index in [4.69, 9.17) is 5.73 Å². The number of nitrogens with zero attached hydrogens (tertiary/aromatic N) is 2. The highest BCUT2D eigenvalue weighted by Crippen LogP contribution is 2.13. The maximum atomic E-state index is 12.0. The summed E-state index contributed by atoms with van der Waals surface area (Å²) in [6.45, 7) is 2.49. The van der Waals surface area contributed by atoms with Crippen molar-refractivity contribution in [3.63, 3.8) is 0 Å². The maximum absolute atomic E-state index is 12.0. The van der Waals surface area contributed by atoms with Crippen LogP contribution in [0.1, 0.15) is 21.6 Å². The highest BCUT2D eigenvalue weighted by atomic mass is 16.1. The Kier molecular flexibility index (Phi) is 3.85. The summed E-state index contributed by atoms with van der Waals surface area (Å²) in [6, 6.07) is 7.37. The monoisotopic (exact) mass is 258 g/mol. The molecule has 0 radical (unpaired) electrons. The number of hydrogen-bond donors (Lipinski definition) is 2. The average molecular weight is 258 g/mol. The minimum atomic E-state index is -0.145. The summed E-state index contributed by atoms with van der Waals surface area (Å²) in [4.78, 5) is 12.0. The van der Waals surface area contributed by atoms with Crippen LogP contribution in [0.4, 0.5) is 5.69 Å². The molecule has 2 rings (SSSR count). The van der Waals surface area contributed by atoms with Crippen LogP contribution in [-0.2, 0) is 13.5 Å². The van der Waals surface area contributed by atoms with Crippen molar-refractivity contribution in [2.75, 3.05) is 12.3 Å². The number of aryl methyl sites for hydroxylation is 2. The molecule has 2 aromatic rings. The van der Waals surface area contributed by atoms with Crippen LogP contribution in [0, 0.1) is 6.92 Å². The van der Waals surface area contributed by atoms with Gasteiger partial charge in [0, 0.05) is 31.9 Å². The maximum Gasteiger partial charge on any atom is 0.253 e. The quantitative estimate of drug-likeness (QED) is 0.811. The average Bonchev–Trinajstić information content (AvgIpc) is 2.75. The Morgan fingerprint density at radius 3 is 2.84 bits per heavy atom. The molecule has 0 aliphatic heterocycles. The molecule has 1 aromatic carbocycles. The Morgan fingerprint density at radius 2 is 2.21 bits per heavy atom. The Labute approximate surface area is 112 Å². The molecule has 100 valence electrons. The van der Waals surface area contributed by atoms with Crippen molar-refractivity contribution in [1.82, 2.24) is 15.1 Å². The van der Waals surface area contributed by atoms with Gasteiger partial charge >= 0.3 is 0 Å². The molecule has 0 saturated heterocycles. The number of anilines is 1. The molecule has 3 N–H and O–H groups in total. The highest BCUT2D eigenvalue weighted by molar-refractivity contribution is 5.99. The lowest BCUT2D eigenvalue weighted by Gasteiger charge is -2.07. The lowest BCUT2D eigenvalue weighted by Crippen LogP contribution is -2.26. The van der Waals surface area contributed by atoms with Crippen molar-refractivity contribution < 1.29 is 4.79 Å².